The third-order valence-electron chi connectivity index (χ3n) is 5.74. The second kappa shape index (κ2) is 8.65. The van der Waals surface area contributed by atoms with E-state index in [4.69, 9.17) is 11.6 Å². The van der Waals surface area contributed by atoms with Crippen LogP contribution in [0.5, 0.6) is 0 Å². The van der Waals surface area contributed by atoms with E-state index in [0.717, 1.165) is 22.5 Å². The van der Waals surface area contributed by atoms with Crippen LogP contribution in [-0.2, 0) is 13.6 Å². The van der Waals surface area contributed by atoms with Crippen LogP contribution in [0.15, 0.2) is 67.0 Å². The van der Waals surface area contributed by atoms with Gasteiger partial charge in [0.2, 0.25) is 5.95 Å². The summed E-state index contributed by atoms with van der Waals surface area (Å²) in [7, 11) is 1.83. The van der Waals surface area contributed by atoms with Crippen molar-refractivity contribution in [2.24, 2.45) is 7.05 Å². The fraction of sp³-hybridized carbons (Fsp3) is 0.167. The number of nitrogens with zero attached hydrogens (tertiary/aromatic N) is 5. The van der Waals surface area contributed by atoms with Gasteiger partial charge in [-0.2, -0.15) is 5.10 Å². The van der Waals surface area contributed by atoms with Gasteiger partial charge in [-0.05, 0) is 35.4 Å². The van der Waals surface area contributed by atoms with Crippen LogP contribution in [0.1, 0.15) is 27.5 Å². The van der Waals surface area contributed by atoms with Gasteiger partial charge in [0.1, 0.15) is 5.82 Å². The summed E-state index contributed by atoms with van der Waals surface area (Å²) in [5.41, 5.74) is 3.81. The summed E-state index contributed by atoms with van der Waals surface area (Å²) in [6, 6.07) is 16.1. The molecule has 0 bridgehead atoms. The van der Waals surface area contributed by atoms with Crippen molar-refractivity contribution < 1.29 is 9.90 Å². The van der Waals surface area contributed by atoms with E-state index in [1.54, 1.807) is 40.2 Å². The number of halogens is 1. The normalized spacial score (nSPS) is 13.8. The highest BCUT2D eigenvalue weighted by Gasteiger charge is 2.33. The molecule has 166 valence electrons. The highest BCUT2D eigenvalue weighted by Crippen LogP contribution is 2.34. The molecule has 4 aromatic rings. The van der Waals surface area contributed by atoms with E-state index in [0.29, 0.717) is 28.8 Å². The Labute approximate surface area is 195 Å². The van der Waals surface area contributed by atoms with Crippen LogP contribution in [0.3, 0.4) is 0 Å². The number of aliphatic hydroxyl groups is 1. The van der Waals surface area contributed by atoms with Crippen molar-refractivity contribution in [2.75, 3.05) is 11.9 Å². The maximum absolute atomic E-state index is 13.3. The zero-order chi connectivity index (χ0) is 22.9. The van der Waals surface area contributed by atoms with Gasteiger partial charge < -0.3 is 15.3 Å². The van der Waals surface area contributed by atoms with Gasteiger partial charge in [-0.1, -0.05) is 35.9 Å². The summed E-state index contributed by atoms with van der Waals surface area (Å²) < 4.78 is 1.69. The number of aryl methyl sites for hydroxylation is 1. The number of hydrogen-bond acceptors (Lipinski definition) is 6. The fourth-order valence-corrected chi connectivity index (χ4v) is 4.22. The molecule has 8 nitrogen and oxygen atoms in total. The van der Waals surface area contributed by atoms with Crippen molar-refractivity contribution in [1.29, 1.82) is 0 Å². The summed E-state index contributed by atoms with van der Waals surface area (Å²) in [6.07, 6.45) is 3.36. The van der Waals surface area contributed by atoms with Crippen LogP contribution in [-0.4, -0.2) is 42.3 Å². The van der Waals surface area contributed by atoms with Gasteiger partial charge in [-0.3, -0.25) is 9.48 Å². The first-order chi connectivity index (χ1) is 16.0. The van der Waals surface area contributed by atoms with Gasteiger partial charge in [0.05, 0.1) is 24.5 Å². The van der Waals surface area contributed by atoms with Crippen molar-refractivity contribution in [2.45, 2.75) is 12.6 Å². The zero-order valence-corrected chi connectivity index (χ0v) is 18.6. The van der Waals surface area contributed by atoms with E-state index in [1.807, 2.05) is 43.4 Å². The number of amides is 1. The van der Waals surface area contributed by atoms with E-state index < -0.39 is 6.04 Å². The van der Waals surface area contributed by atoms with Gasteiger partial charge >= 0.3 is 0 Å². The van der Waals surface area contributed by atoms with Crippen LogP contribution < -0.4 is 5.32 Å². The number of aliphatic hydroxyl groups excluding tert-OH is 1. The number of anilines is 2. The average molecular weight is 461 g/mol. The van der Waals surface area contributed by atoms with Crippen LogP contribution >= 0.6 is 11.6 Å². The van der Waals surface area contributed by atoms with Crippen molar-refractivity contribution >= 4 is 29.3 Å². The van der Waals surface area contributed by atoms with Crippen LogP contribution in [0.25, 0.3) is 11.3 Å². The molecule has 3 heterocycles. The largest absolute Gasteiger partial charge is 0.394 e. The molecule has 1 aliphatic heterocycles. The lowest BCUT2D eigenvalue weighted by molar-refractivity contribution is 0.0615. The SMILES string of the molecule is Cn1nccc1Nc1nccc(-c2ccc3c(c2)C(=O)N(C(CO)c2cccc(Cl)c2)C3)n1. The minimum absolute atomic E-state index is 0.131. The first-order valence-corrected chi connectivity index (χ1v) is 10.8. The Morgan fingerprint density at radius 2 is 2.03 bits per heavy atom. The minimum Gasteiger partial charge on any atom is -0.394 e. The third-order valence-corrected chi connectivity index (χ3v) is 5.97. The lowest BCUT2D eigenvalue weighted by Gasteiger charge is -2.26. The summed E-state index contributed by atoms with van der Waals surface area (Å²) in [6.45, 7) is 0.227. The van der Waals surface area contributed by atoms with Crippen molar-refractivity contribution in [1.82, 2.24) is 24.6 Å². The number of benzene rings is 2. The van der Waals surface area contributed by atoms with E-state index >= 15 is 0 Å². The number of fused-ring (bicyclic) bond motifs is 1. The molecule has 2 aromatic carbocycles. The third kappa shape index (κ3) is 4.06. The van der Waals surface area contributed by atoms with Gasteiger partial charge in [-0.25, -0.2) is 9.97 Å². The predicted octanol–water partition coefficient (Wildman–Crippen LogP) is 3.96. The highest BCUT2D eigenvalue weighted by atomic mass is 35.5. The zero-order valence-electron chi connectivity index (χ0n) is 17.8. The number of nitrogens with one attached hydrogen (secondary N) is 1. The molecule has 0 radical (unpaired) electrons. The lowest BCUT2D eigenvalue weighted by atomic mass is 10.0. The second-order valence-corrected chi connectivity index (χ2v) is 8.23. The molecule has 1 atom stereocenters. The molecular weight excluding hydrogens is 440 g/mol. The standard InChI is InChI=1S/C24H21ClN6O2/c1-30-22(8-10-27-30)29-24-26-9-7-20(28-24)15-5-6-17-13-31(23(33)19(17)12-15)21(14-32)16-3-2-4-18(25)11-16/h2-12,21,32H,13-14H2,1H3,(H,26,28,29). The van der Waals surface area contributed by atoms with Crippen LogP contribution in [0, 0.1) is 0 Å². The molecule has 0 spiro atoms. The minimum atomic E-state index is -0.471. The molecule has 9 heteroatoms. The molecule has 0 aliphatic carbocycles. The van der Waals surface area contributed by atoms with E-state index in [9.17, 15) is 9.90 Å². The number of carbonyl (C=O) groups excluding carboxylic acids is 1. The number of carbonyl (C=O) groups is 1. The van der Waals surface area contributed by atoms with Crippen molar-refractivity contribution in [3.63, 3.8) is 0 Å². The first-order valence-electron chi connectivity index (χ1n) is 10.4. The molecule has 2 aromatic heterocycles. The monoisotopic (exact) mass is 460 g/mol. The number of rotatable bonds is 6. The number of aromatic nitrogens is 4. The van der Waals surface area contributed by atoms with Gasteiger partial charge in [0, 0.05) is 42.0 Å². The molecule has 0 saturated carbocycles. The molecule has 0 fully saturated rings. The molecule has 33 heavy (non-hydrogen) atoms. The smallest absolute Gasteiger partial charge is 0.255 e. The highest BCUT2D eigenvalue weighted by molar-refractivity contribution is 6.30. The van der Waals surface area contributed by atoms with Crippen molar-refractivity contribution in [3.05, 3.63) is 88.7 Å². The average Bonchev–Trinajstić information content (AvgIpc) is 3.37. The summed E-state index contributed by atoms with van der Waals surface area (Å²) in [5.74, 6) is 1.07. The Kier molecular flexibility index (Phi) is 5.53. The molecule has 1 unspecified atom stereocenters. The molecule has 0 saturated heterocycles. The number of hydrogen-bond donors (Lipinski definition) is 2. The van der Waals surface area contributed by atoms with E-state index in [2.05, 4.69) is 20.4 Å². The van der Waals surface area contributed by atoms with Gasteiger partial charge in [-0.15, -0.1) is 0 Å². The summed E-state index contributed by atoms with van der Waals surface area (Å²) in [4.78, 5) is 23.8. The van der Waals surface area contributed by atoms with Gasteiger partial charge in [0.15, 0.2) is 0 Å². The Morgan fingerprint density at radius 1 is 1.15 bits per heavy atom. The Bertz CT molecular complexity index is 1340. The Morgan fingerprint density at radius 3 is 2.79 bits per heavy atom. The quantitative estimate of drug-likeness (QED) is 0.452. The van der Waals surface area contributed by atoms with E-state index in [1.165, 1.54) is 0 Å². The maximum Gasteiger partial charge on any atom is 0.255 e. The summed E-state index contributed by atoms with van der Waals surface area (Å²) >= 11 is 6.13. The predicted molar refractivity (Wildman–Crippen MR) is 125 cm³/mol. The fourth-order valence-electron chi connectivity index (χ4n) is 4.02. The second-order valence-electron chi connectivity index (χ2n) is 7.79. The van der Waals surface area contributed by atoms with Crippen molar-refractivity contribution in [3.8, 4) is 11.3 Å². The van der Waals surface area contributed by atoms with Gasteiger partial charge in [0.25, 0.3) is 5.91 Å². The Balaban J connectivity index is 1.42. The van der Waals surface area contributed by atoms with E-state index in [-0.39, 0.29) is 12.5 Å². The molecule has 1 aliphatic rings. The summed E-state index contributed by atoms with van der Waals surface area (Å²) in [5, 5.41) is 17.9. The molecule has 1 amide bonds. The lowest BCUT2D eigenvalue weighted by Crippen LogP contribution is -2.31. The maximum atomic E-state index is 13.3. The first kappa shape index (κ1) is 21.1. The molecular formula is C24H21ClN6O2. The van der Waals surface area contributed by atoms with Crippen LogP contribution in [0.4, 0.5) is 11.8 Å². The topological polar surface area (TPSA) is 96.2 Å². The molecule has 2 N–H and O–H groups in total. The molecule has 5 rings (SSSR count). The Hall–Kier alpha value is -3.75. The van der Waals surface area contributed by atoms with Crippen LogP contribution in [0.2, 0.25) is 5.02 Å².